The molecular formula is C12H15N3S. The smallest absolute Gasteiger partial charge is 0.142 e. The van der Waals surface area contributed by atoms with E-state index in [1.54, 1.807) is 17.4 Å². The van der Waals surface area contributed by atoms with Crippen LogP contribution in [0.4, 0.5) is 5.82 Å². The van der Waals surface area contributed by atoms with Gasteiger partial charge in [-0.25, -0.2) is 9.97 Å². The van der Waals surface area contributed by atoms with Crippen LogP contribution in [0.25, 0.3) is 10.7 Å². The highest BCUT2D eigenvalue weighted by atomic mass is 32.1. The SMILES string of the molecule is CC(C)Cc1csc(-c2cccc(N)n2)n1. The Morgan fingerprint density at radius 3 is 2.81 bits per heavy atom. The standard InChI is InChI=1S/C12H15N3S/c1-8(2)6-9-7-16-12(14-9)10-4-3-5-11(13)15-10/h3-5,7-8H,6H2,1-2H3,(H2,13,15). The summed E-state index contributed by atoms with van der Waals surface area (Å²) >= 11 is 1.62. The molecule has 0 spiro atoms. The van der Waals surface area contributed by atoms with Gasteiger partial charge >= 0.3 is 0 Å². The maximum Gasteiger partial charge on any atom is 0.142 e. The van der Waals surface area contributed by atoms with Crippen LogP contribution in [-0.4, -0.2) is 9.97 Å². The van der Waals surface area contributed by atoms with Crippen molar-refractivity contribution in [3.8, 4) is 10.7 Å². The van der Waals surface area contributed by atoms with Gasteiger partial charge in [0.25, 0.3) is 0 Å². The lowest BCUT2D eigenvalue weighted by molar-refractivity contribution is 0.638. The van der Waals surface area contributed by atoms with Crippen molar-refractivity contribution in [2.45, 2.75) is 20.3 Å². The topological polar surface area (TPSA) is 51.8 Å². The zero-order valence-corrected chi connectivity index (χ0v) is 10.3. The molecule has 2 heterocycles. The average molecular weight is 233 g/mol. The molecule has 0 aliphatic rings. The molecule has 4 heteroatoms. The van der Waals surface area contributed by atoms with E-state index in [-0.39, 0.29) is 0 Å². The molecule has 2 aromatic rings. The lowest BCUT2D eigenvalue weighted by Crippen LogP contribution is -1.94. The van der Waals surface area contributed by atoms with E-state index in [1.165, 1.54) is 0 Å². The van der Waals surface area contributed by atoms with Gasteiger partial charge in [-0.15, -0.1) is 11.3 Å². The molecule has 0 radical (unpaired) electrons. The summed E-state index contributed by atoms with van der Waals surface area (Å²) in [5, 5.41) is 3.04. The molecule has 0 unspecified atom stereocenters. The van der Waals surface area contributed by atoms with Crippen LogP contribution in [0.15, 0.2) is 23.6 Å². The normalized spacial score (nSPS) is 10.9. The first kappa shape index (κ1) is 11.1. The summed E-state index contributed by atoms with van der Waals surface area (Å²) in [4.78, 5) is 8.82. The molecular weight excluding hydrogens is 218 g/mol. The van der Waals surface area contributed by atoms with Crippen molar-refractivity contribution in [1.82, 2.24) is 9.97 Å². The minimum absolute atomic E-state index is 0.540. The van der Waals surface area contributed by atoms with Crippen LogP contribution in [0.1, 0.15) is 19.5 Å². The van der Waals surface area contributed by atoms with Gasteiger partial charge in [-0.2, -0.15) is 0 Å². The van der Waals surface area contributed by atoms with Crippen molar-refractivity contribution in [2.24, 2.45) is 5.92 Å². The fraction of sp³-hybridized carbons (Fsp3) is 0.333. The Morgan fingerprint density at radius 2 is 2.12 bits per heavy atom. The molecule has 0 saturated carbocycles. The highest BCUT2D eigenvalue weighted by Crippen LogP contribution is 2.23. The first-order valence-corrected chi connectivity index (χ1v) is 6.20. The summed E-state index contributed by atoms with van der Waals surface area (Å²) in [7, 11) is 0. The number of anilines is 1. The van der Waals surface area contributed by atoms with Crippen molar-refractivity contribution in [3.63, 3.8) is 0 Å². The van der Waals surface area contributed by atoms with Gasteiger partial charge in [0, 0.05) is 5.38 Å². The Morgan fingerprint density at radius 1 is 1.31 bits per heavy atom. The summed E-state index contributed by atoms with van der Waals surface area (Å²) in [5.74, 6) is 1.17. The molecule has 2 rings (SSSR count). The number of hydrogen-bond donors (Lipinski definition) is 1. The second-order valence-corrected chi connectivity index (χ2v) is 5.05. The Hall–Kier alpha value is -1.42. The summed E-state index contributed by atoms with van der Waals surface area (Å²) in [6, 6.07) is 5.63. The van der Waals surface area contributed by atoms with Crippen LogP contribution in [0.2, 0.25) is 0 Å². The molecule has 0 bridgehead atoms. The number of hydrogen-bond acceptors (Lipinski definition) is 4. The largest absolute Gasteiger partial charge is 0.384 e. The number of thiazole rings is 1. The number of aromatic nitrogens is 2. The molecule has 0 aromatic carbocycles. The van der Waals surface area contributed by atoms with E-state index >= 15 is 0 Å². The summed E-state index contributed by atoms with van der Waals surface area (Å²) in [6.45, 7) is 4.38. The summed E-state index contributed by atoms with van der Waals surface area (Å²) in [5.41, 5.74) is 7.65. The number of pyridine rings is 1. The molecule has 0 aliphatic carbocycles. The van der Waals surface area contributed by atoms with E-state index in [0.29, 0.717) is 11.7 Å². The molecule has 2 aromatic heterocycles. The second kappa shape index (κ2) is 4.61. The van der Waals surface area contributed by atoms with Crippen LogP contribution in [0.5, 0.6) is 0 Å². The van der Waals surface area contributed by atoms with Gasteiger partial charge < -0.3 is 5.73 Å². The number of nitrogens with zero attached hydrogens (tertiary/aromatic N) is 2. The third-order valence-electron chi connectivity index (χ3n) is 2.16. The van der Waals surface area contributed by atoms with Crippen LogP contribution in [-0.2, 0) is 6.42 Å². The van der Waals surface area contributed by atoms with E-state index in [4.69, 9.17) is 5.73 Å². The Labute approximate surface area is 99.4 Å². The minimum Gasteiger partial charge on any atom is -0.384 e. The lowest BCUT2D eigenvalue weighted by Gasteiger charge is -1.99. The Bertz CT molecular complexity index is 477. The third kappa shape index (κ3) is 2.58. The van der Waals surface area contributed by atoms with E-state index in [1.807, 2.05) is 12.1 Å². The fourth-order valence-corrected chi connectivity index (χ4v) is 2.31. The maximum absolute atomic E-state index is 5.65. The van der Waals surface area contributed by atoms with Gasteiger partial charge in [0.15, 0.2) is 0 Å². The van der Waals surface area contributed by atoms with Gasteiger partial charge in [-0.1, -0.05) is 19.9 Å². The molecule has 0 fully saturated rings. The first-order chi connectivity index (χ1) is 7.65. The lowest BCUT2D eigenvalue weighted by atomic mass is 10.1. The van der Waals surface area contributed by atoms with E-state index < -0.39 is 0 Å². The molecule has 0 saturated heterocycles. The number of rotatable bonds is 3. The molecule has 84 valence electrons. The highest BCUT2D eigenvalue weighted by molar-refractivity contribution is 7.13. The van der Waals surface area contributed by atoms with Gasteiger partial charge in [0.2, 0.25) is 0 Å². The van der Waals surface area contributed by atoms with Crippen molar-refractivity contribution in [1.29, 1.82) is 0 Å². The molecule has 0 aliphatic heterocycles. The van der Waals surface area contributed by atoms with Gasteiger partial charge in [-0.3, -0.25) is 0 Å². The van der Waals surface area contributed by atoms with Crippen LogP contribution in [0.3, 0.4) is 0 Å². The Kier molecular flexibility index (Phi) is 3.19. The summed E-state index contributed by atoms with van der Waals surface area (Å²) < 4.78 is 0. The maximum atomic E-state index is 5.65. The van der Waals surface area contributed by atoms with Crippen LogP contribution < -0.4 is 5.73 Å². The second-order valence-electron chi connectivity index (χ2n) is 4.19. The zero-order chi connectivity index (χ0) is 11.5. The average Bonchev–Trinajstić information content (AvgIpc) is 2.65. The molecule has 0 amide bonds. The minimum atomic E-state index is 0.540. The number of nitrogens with two attached hydrogens (primary N) is 1. The molecule has 3 nitrogen and oxygen atoms in total. The van der Waals surface area contributed by atoms with Crippen molar-refractivity contribution < 1.29 is 0 Å². The highest BCUT2D eigenvalue weighted by Gasteiger charge is 2.07. The van der Waals surface area contributed by atoms with Gasteiger partial charge in [0.1, 0.15) is 16.5 Å². The third-order valence-corrected chi connectivity index (χ3v) is 3.07. The predicted molar refractivity (Wildman–Crippen MR) is 68.3 cm³/mol. The first-order valence-electron chi connectivity index (χ1n) is 5.32. The molecule has 0 atom stereocenters. The van der Waals surface area contributed by atoms with Crippen molar-refractivity contribution in [3.05, 3.63) is 29.3 Å². The molecule has 16 heavy (non-hydrogen) atoms. The van der Waals surface area contributed by atoms with Crippen LogP contribution in [0, 0.1) is 5.92 Å². The Balaban J connectivity index is 2.24. The quantitative estimate of drug-likeness (QED) is 0.886. The van der Waals surface area contributed by atoms with Gasteiger partial charge in [-0.05, 0) is 24.5 Å². The van der Waals surface area contributed by atoms with Crippen molar-refractivity contribution >= 4 is 17.2 Å². The summed E-state index contributed by atoms with van der Waals surface area (Å²) in [6.07, 6.45) is 1.01. The van der Waals surface area contributed by atoms with Crippen LogP contribution >= 0.6 is 11.3 Å². The van der Waals surface area contributed by atoms with E-state index in [9.17, 15) is 0 Å². The van der Waals surface area contributed by atoms with E-state index in [0.717, 1.165) is 22.8 Å². The predicted octanol–water partition coefficient (Wildman–Crippen LogP) is 2.99. The van der Waals surface area contributed by atoms with E-state index in [2.05, 4.69) is 29.2 Å². The number of nitrogen functional groups attached to an aromatic ring is 1. The van der Waals surface area contributed by atoms with Gasteiger partial charge in [0.05, 0.1) is 5.69 Å². The molecule has 2 N–H and O–H groups in total. The monoisotopic (exact) mass is 233 g/mol. The fourth-order valence-electron chi connectivity index (χ4n) is 1.51. The zero-order valence-electron chi connectivity index (χ0n) is 9.47. The van der Waals surface area contributed by atoms with Crippen molar-refractivity contribution in [2.75, 3.05) is 5.73 Å².